The molecule has 2 amide bonds. The number of hydrogen-bond acceptors (Lipinski definition) is 3. The molecule has 7 heteroatoms. The van der Waals surface area contributed by atoms with E-state index in [1.54, 1.807) is 7.05 Å². The van der Waals surface area contributed by atoms with Gasteiger partial charge in [-0.25, -0.2) is 9.59 Å². The van der Waals surface area contributed by atoms with Gasteiger partial charge in [0.05, 0.1) is 0 Å². The van der Waals surface area contributed by atoms with E-state index in [2.05, 4.69) is 5.32 Å². The Labute approximate surface area is 124 Å². The van der Waals surface area contributed by atoms with Crippen molar-refractivity contribution in [3.05, 3.63) is 0 Å². The summed E-state index contributed by atoms with van der Waals surface area (Å²) in [7, 11) is 1.66. The van der Waals surface area contributed by atoms with Gasteiger partial charge in [0.2, 0.25) is 0 Å². The lowest BCUT2D eigenvalue weighted by molar-refractivity contribution is -0.140. The van der Waals surface area contributed by atoms with E-state index in [4.69, 9.17) is 10.2 Å². The van der Waals surface area contributed by atoms with E-state index < -0.39 is 24.0 Å². The molecule has 7 nitrogen and oxygen atoms in total. The van der Waals surface area contributed by atoms with Crippen molar-refractivity contribution in [3.63, 3.8) is 0 Å². The minimum absolute atomic E-state index is 0.0996. The normalized spacial score (nSPS) is 16.4. The highest BCUT2D eigenvalue weighted by atomic mass is 16.4. The number of hydrogen-bond donors (Lipinski definition) is 3. The summed E-state index contributed by atoms with van der Waals surface area (Å²) in [6.45, 7) is 0.632. The Morgan fingerprint density at radius 2 is 1.86 bits per heavy atom. The number of nitrogens with one attached hydrogen (secondary N) is 1. The van der Waals surface area contributed by atoms with Gasteiger partial charge < -0.3 is 20.4 Å². The number of carbonyl (C=O) groups excluding carboxylic acids is 1. The van der Waals surface area contributed by atoms with Crippen LogP contribution in [0.15, 0.2) is 0 Å². The molecule has 0 heterocycles. The summed E-state index contributed by atoms with van der Waals surface area (Å²) >= 11 is 0. The van der Waals surface area contributed by atoms with Gasteiger partial charge in [0.15, 0.2) is 0 Å². The Morgan fingerprint density at radius 1 is 1.24 bits per heavy atom. The standard InChI is InChI=1S/C14H24N2O5/c1-16(9-10-5-2-3-6-10)14(21)15-11(13(19)20)7-4-8-12(17)18/h10-11H,2-9H2,1H3,(H,15,21)(H,17,18)(H,19,20)/t11-/m1/s1. The summed E-state index contributed by atoms with van der Waals surface area (Å²) in [5.41, 5.74) is 0. The molecule has 0 unspecified atom stereocenters. The van der Waals surface area contributed by atoms with Crippen LogP contribution in [0, 0.1) is 5.92 Å². The number of carboxylic acid groups (broad SMARTS) is 2. The first-order chi connectivity index (χ1) is 9.90. The third-order valence-corrected chi connectivity index (χ3v) is 3.83. The van der Waals surface area contributed by atoms with E-state index in [-0.39, 0.29) is 19.3 Å². The molecule has 0 radical (unpaired) electrons. The summed E-state index contributed by atoms with van der Waals surface area (Å²) in [6, 6.07) is -1.45. The van der Waals surface area contributed by atoms with Crippen LogP contribution in [0.4, 0.5) is 4.79 Å². The minimum Gasteiger partial charge on any atom is -0.481 e. The number of aliphatic carboxylic acids is 2. The smallest absolute Gasteiger partial charge is 0.326 e. The molecular weight excluding hydrogens is 276 g/mol. The first-order valence-electron chi connectivity index (χ1n) is 7.36. The summed E-state index contributed by atoms with van der Waals surface area (Å²) < 4.78 is 0. The zero-order chi connectivity index (χ0) is 15.8. The monoisotopic (exact) mass is 300 g/mol. The highest BCUT2D eigenvalue weighted by Gasteiger charge is 2.24. The third-order valence-electron chi connectivity index (χ3n) is 3.83. The van der Waals surface area contributed by atoms with E-state index >= 15 is 0 Å². The van der Waals surface area contributed by atoms with Crippen molar-refractivity contribution in [3.8, 4) is 0 Å². The molecule has 21 heavy (non-hydrogen) atoms. The van der Waals surface area contributed by atoms with E-state index in [0.717, 1.165) is 12.8 Å². The zero-order valence-corrected chi connectivity index (χ0v) is 12.4. The van der Waals surface area contributed by atoms with Gasteiger partial charge in [-0.2, -0.15) is 0 Å². The number of rotatable bonds is 8. The minimum atomic E-state index is -1.14. The SMILES string of the molecule is CN(CC1CCCC1)C(=O)N[C@H](CCCC(=O)O)C(=O)O. The lowest BCUT2D eigenvalue weighted by Crippen LogP contribution is -2.47. The summed E-state index contributed by atoms with van der Waals surface area (Å²) in [5.74, 6) is -1.61. The van der Waals surface area contributed by atoms with Crippen molar-refractivity contribution in [1.82, 2.24) is 10.2 Å². The topological polar surface area (TPSA) is 107 Å². The third kappa shape index (κ3) is 6.46. The number of amides is 2. The van der Waals surface area contributed by atoms with E-state index in [1.165, 1.54) is 17.7 Å². The van der Waals surface area contributed by atoms with Crippen molar-refractivity contribution >= 4 is 18.0 Å². The number of nitrogens with zero attached hydrogens (tertiary/aromatic N) is 1. The molecule has 1 atom stereocenters. The van der Waals surface area contributed by atoms with Crippen LogP contribution < -0.4 is 5.32 Å². The molecule has 1 fully saturated rings. The highest BCUT2D eigenvalue weighted by molar-refractivity contribution is 5.82. The van der Waals surface area contributed by atoms with Crippen LogP contribution in [0.2, 0.25) is 0 Å². The highest BCUT2D eigenvalue weighted by Crippen LogP contribution is 2.25. The number of carbonyl (C=O) groups is 3. The predicted octanol–water partition coefficient (Wildman–Crippen LogP) is 1.53. The molecule has 1 aliphatic rings. The molecule has 1 aliphatic carbocycles. The fraction of sp³-hybridized carbons (Fsp3) is 0.786. The molecule has 0 aromatic heterocycles. The van der Waals surface area contributed by atoms with Crippen LogP contribution in [0.1, 0.15) is 44.9 Å². The van der Waals surface area contributed by atoms with Crippen LogP contribution in [-0.4, -0.2) is 52.7 Å². The van der Waals surface area contributed by atoms with Gasteiger partial charge in [0.25, 0.3) is 0 Å². The second kappa shape index (κ2) is 8.49. The Hall–Kier alpha value is -1.79. The number of carboxylic acids is 2. The Kier molecular flexibility index (Phi) is 6.98. The molecule has 1 rings (SSSR count). The maximum atomic E-state index is 12.0. The Balaban J connectivity index is 2.39. The van der Waals surface area contributed by atoms with Crippen LogP contribution >= 0.6 is 0 Å². The van der Waals surface area contributed by atoms with E-state index in [9.17, 15) is 14.4 Å². The molecule has 0 saturated heterocycles. The summed E-state index contributed by atoms with van der Waals surface area (Å²) in [5, 5.41) is 20.1. The molecular formula is C14H24N2O5. The lowest BCUT2D eigenvalue weighted by atomic mass is 10.1. The van der Waals surface area contributed by atoms with Crippen molar-refractivity contribution in [2.45, 2.75) is 51.0 Å². The van der Waals surface area contributed by atoms with Crippen LogP contribution in [0.25, 0.3) is 0 Å². The quantitative estimate of drug-likeness (QED) is 0.630. The molecule has 1 saturated carbocycles. The predicted molar refractivity (Wildman–Crippen MR) is 76.0 cm³/mol. The molecule has 120 valence electrons. The van der Waals surface area contributed by atoms with Crippen molar-refractivity contribution in [1.29, 1.82) is 0 Å². The first-order valence-corrected chi connectivity index (χ1v) is 7.36. The maximum Gasteiger partial charge on any atom is 0.326 e. The molecule has 0 bridgehead atoms. The largest absolute Gasteiger partial charge is 0.481 e. The van der Waals surface area contributed by atoms with Crippen LogP contribution in [0.3, 0.4) is 0 Å². The van der Waals surface area contributed by atoms with Gasteiger partial charge in [0.1, 0.15) is 6.04 Å². The van der Waals surface area contributed by atoms with Crippen molar-refractivity contribution < 1.29 is 24.6 Å². The number of urea groups is 1. The molecule has 0 aromatic rings. The lowest BCUT2D eigenvalue weighted by Gasteiger charge is -2.23. The van der Waals surface area contributed by atoms with Gasteiger partial charge in [-0.15, -0.1) is 0 Å². The molecule has 0 spiro atoms. The zero-order valence-electron chi connectivity index (χ0n) is 12.4. The van der Waals surface area contributed by atoms with E-state index in [1.807, 2.05) is 0 Å². The van der Waals surface area contributed by atoms with Crippen molar-refractivity contribution in [2.75, 3.05) is 13.6 Å². The van der Waals surface area contributed by atoms with Gasteiger partial charge in [-0.05, 0) is 31.6 Å². The van der Waals surface area contributed by atoms with Gasteiger partial charge >= 0.3 is 18.0 Å². The van der Waals surface area contributed by atoms with Crippen LogP contribution in [0.5, 0.6) is 0 Å². The second-order valence-electron chi connectivity index (χ2n) is 5.66. The van der Waals surface area contributed by atoms with Gasteiger partial charge in [-0.3, -0.25) is 4.79 Å². The summed E-state index contributed by atoms with van der Waals surface area (Å²) in [6.07, 6.45) is 4.83. The second-order valence-corrected chi connectivity index (χ2v) is 5.66. The fourth-order valence-corrected chi connectivity index (χ4v) is 2.64. The average Bonchev–Trinajstić information content (AvgIpc) is 2.89. The van der Waals surface area contributed by atoms with Gasteiger partial charge in [0, 0.05) is 20.0 Å². The van der Waals surface area contributed by atoms with E-state index in [0.29, 0.717) is 12.5 Å². The van der Waals surface area contributed by atoms with Crippen LogP contribution in [-0.2, 0) is 9.59 Å². The Bertz CT molecular complexity index is 380. The van der Waals surface area contributed by atoms with Crippen molar-refractivity contribution in [2.24, 2.45) is 5.92 Å². The molecule has 0 aliphatic heterocycles. The maximum absolute atomic E-state index is 12.0. The first kappa shape index (κ1) is 17.3. The van der Waals surface area contributed by atoms with Gasteiger partial charge in [-0.1, -0.05) is 12.8 Å². The fourth-order valence-electron chi connectivity index (χ4n) is 2.64. The summed E-state index contributed by atoms with van der Waals surface area (Å²) in [4.78, 5) is 35.0. The Morgan fingerprint density at radius 3 is 2.38 bits per heavy atom. The average molecular weight is 300 g/mol. The molecule has 0 aromatic carbocycles. The molecule has 3 N–H and O–H groups in total.